The van der Waals surface area contributed by atoms with Crippen LogP contribution in [0.5, 0.6) is 5.75 Å². The van der Waals surface area contributed by atoms with Crippen molar-refractivity contribution >= 4 is 5.91 Å². The fourth-order valence-electron chi connectivity index (χ4n) is 1.83. The maximum atomic E-state index is 10.5. The van der Waals surface area contributed by atoms with Crippen LogP contribution in [-0.2, 0) is 11.3 Å². The summed E-state index contributed by atoms with van der Waals surface area (Å²) in [6.45, 7) is 3.77. The van der Waals surface area contributed by atoms with Crippen LogP contribution in [0.3, 0.4) is 0 Å². The van der Waals surface area contributed by atoms with Gasteiger partial charge in [-0.05, 0) is 43.5 Å². The first-order valence-electron chi connectivity index (χ1n) is 6.26. The fraction of sp³-hybridized carbons (Fsp3) is 0.500. The van der Waals surface area contributed by atoms with Crippen LogP contribution in [0.2, 0.25) is 0 Å². The van der Waals surface area contributed by atoms with E-state index in [9.17, 15) is 4.79 Å². The number of ether oxygens (including phenoxy) is 1. The zero-order valence-corrected chi connectivity index (χ0v) is 11.2. The highest BCUT2D eigenvalue weighted by molar-refractivity contribution is 5.73. The van der Waals surface area contributed by atoms with E-state index in [-0.39, 0.29) is 5.91 Å². The summed E-state index contributed by atoms with van der Waals surface area (Å²) in [4.78, 5) is 10.5. The van der Waals surface area contributed by atoms with Crippen molar-refractivity contribution in [2.24, 2.45) is 5.73 Å². The standard InChI is InChI=1S/C14H22N2O2/c1-11-9-12(6-7-13(11)18-2)10-16-8-4-3-5-14(15)17/h6-7,9,16H,3-5,8,10H2,1-2H3,(H2,15,17). The Morgan fingerprint density at radius 1 is 1.39 bits per heavy atom. The second-order valence-electron chi connectivity index (χ2n) is 4.40. The van der Waals surface area contributed by atoms with Crippen LogP contribution >= 0.6 is 0 Å². The highest BCUT2D eigenvalue weighted by atomic mass is 16.5. The minimum Gasteiger partial charge on any atom is -0.496 e. The first-order chi connectivity index (χ1) is 8.63. The lowest BCUT2D eigenvalue weighted by Gasteiger charge is -2.08. The second-order valence-corrected chi connectivity index (χ2v) is 4.40. The van der Waals surface area contributed by atoms with Crippen molar-refractivity contribution in [2.75, 3.05) is 13.7 Å². The van der Waals surface area contributed by atoms with Gasteiger partial charge in [-0.3, -0.25) is 4.79 Å². The van der Waals surface area contributed by atoms with E-state index >= 15 is 0 Å². The molecule has 1 amide bonds. The third-order valence-corrected chi connectivity index (χ3v) is 2.82. The Bertz CT molecular complexity index is 391. The molecule has 0 aromatic heterocycles. The maximum Gasteiger partial charge on any atom is 0.217 e. The molecule has 1 rings (SSSR count). The molecule has 0 heterocycles. The molecule has 100 valence electrons. The van der Waals surface area contributed by atoms with Gasteiger partial charge in [0.1, 0.15) is 5.75 Å². The van der Waals surface area contributed by atoms with E-state index in [0.29, 0.717) is 6.42 Å². The summed E-state index contributed by atoms with van der Waals surface area (Å²) in [5.74, 6) is 0.695. The number of carbonyl (C=O) groups excluding carboxylic acids is 1. The zero-order valence-electron chi connectivity index (χ0n) is 11.2. The average molecular weight is 250 g/mol. The van der Waals surface area contributed by atoms with Gasteiger partial charge in [0.25, 0.3) is 0 Å². The molecule has 0 radical (unpaired) electrons. The van der Waals surface area contributed by atoms with Crippen LogP contribution in [0.15, 0.2) is 18.2 Å². The summed E-state index contributed by atoms with van der Waals surface area (Å²) in [5, 5.41) is 3.35. The third-order valence-electron chi connectivity index (χ3n) is 2.82. The molecule has 0 aliphatic heterocycles. The van der Waals surface area contributed by atoms with Crippen molar-refractivity contribution in [1.29, 1.82) is 0 Å². The van der Waals surface area contributed by atoms with Crippen LogP contribution in [0.4, 0.5) is 0 Å². The molecule has 4 nitrogen and oxygen atoms in total. The van der Waals surface area contributed by atoms with Crippen molar-refractivity contribution in [3.05, 3.63) is 29.3 Å². The van der Waals surface area contributed by atoms with E-state index in [4.69, 9.17) is 10.5 Å². The van der Waals surface area contributed by atoms with Crippen molar-refractivity contribution in [3.63, 3.8) is 0 Å². The molecule has 0 aliphatic carbocycles. The van der Waals surface area contributed by atoms with Gasteiger partial charge in [-0.25, -0.2) is 0 Å². The summed E-state index contributed by atoms with van der Waals surface area (Å²) in [5.41, 5.74) is 7.45. The minimum atomic E-state index is -0.222. The maximum absolute atomic E-state index is 10.5. The third kappa shape index (κ3) is 5.19. The number of unbranched alkanes of at least 4 members (excludes halogenated alkanes) is 1. The summed E-state index contributed by atoms with van der Waals surface area (Å²) in [6, 6.07) is 6.16. The van der Waals surface area contributed by atoms with Gasteiger partial charge in [-0.2, -0.15) is 0 Å². The van der Waals surface area contributed by atoms with Crippen molar-refractivity contribution in [1.82, 2.24) is 5.32 Å². The van der Waals surface area contributed by atoms with E-state index in [1.165, 1.54) is 5.56 Å². The van der Waals surface area contributed by atoms with E-state index < -0.39 is 0 Å². The summed E-state index contributed by atoms with van der Waals surface area (Å²) < 4.78 is 5.22. The molecule has 0 saturated heterocycles. The van der Waals surface area contributed by atoms with Crippen molar-refractivity contribution in [3.8, 4) is 5.75 Å². The topological polar surface area (TPSA) is 64.3 Å². The molecule has 0 aliphatic rings. The average Bonchev–Trinajstić information content (AvgIpc) is 2.33. The van der Waals surface area contributed by atoms with Crippen LogP contribution in [-0.4, -0.2) is 19.6 Å². The first-order valence-corrected chi connectivity index (χ1v) is 6.26. The normalized spacial score (nSPS) is 10.3. The Morgan fingerprint density at radius 3 is 2.78 bits per heavy atom. The monoisotopic (exact) mass is 250 g/mol. The lowest BCUT2D eigenvalue weighted by molar-refractivity contribution is -0.118. The molecule has 0 bridgehead atoms. The predicted octanol–water partition coefficient (Wildman–Crippen LogP) is 1.75. The summed E-state index contributed by atoms with van der Waals surface area (Å²) in [7, 11) is 1.68. The van der Waals surface area contributed by atoms with Crippen LogP contribution in [0.25, 0.3) is 0 Å². The molecule has 0 saturated carbocycles. The summed E-state index contributed by atoms with van der Waals surface area (Å²) >= 11 is 0. The number of carbonyl (C=O) groups is 1. The molecule has 0 fully saturated rings. The van der Waals surface area contributed by atoms with Crippen molar-refractivity contribution in [2.45, 2.75) is 32.7 Å². The van der Waals surface area contributed by atoms with E-state index in [1.807, 2.05) is 13.0 Å². The number of aryl methyl sites for hydroxylation is 1. The van der Waals surface area contributed by atoms with Gasteiger partial charge >= 0.3 is 0 Å². The van der Waals surface area contributed by atoms with E-state index in [2.05, 4.69) is 17.4 Å². The number of rotatable bonds is 8. The van der Waals surface area contributed by atoms with Gasteiger partial charge in [-0.15, -0.1) is 0 Å². The van der Waals surface area contributed by atoms with Gasteiger partial charge in [0.2, 0.25) is 5.91 Å². The molecular formula is C14H22N2O2. The molecule has 1 aromatic carbocycles. The molecule has 1 aromatic rings. The quantitative estimate of drug-likeness (QED) is 0.691. The number of nitrogens with two attached hydrogens (primary N) is 1. The Labute approximate surface area is 109 Å². The van der Waals surface area contributed by atoms with Crippen molar-refractivity contribution < 1.29 is 9.53 Å². The van der Waals surface area contributed by atoms with Crippen LogP contribution < -0.4 is 15.8 Å². The van der Waals surface area contributed by atoms with E-state index in [1.54, 1.807) is 7.11 Å². The number of benzene rings is 1. The largest absolute Gasteiger partial charge is 0.496 e. The van der Waals surface area contributed by atoms with Gasteiger partial charge in [-0.1, -0.05) is 12.1 Å². The smallest absolute Gasteiger partial charge is 0.217 e. The molecule has 4 heteroatoms. The number of primary amides is 1. The highest BCUT2D eigenvalue weighted by Gasteiger charge is 2.00. The number of methoxy groups -OCH3 is 1. The molecule has 18 heavy (non-hydrogen) atoms. The van der Waals surface area contributed by atoms with Crippen LogP contribution in [0, 0.1) is 6.92 Å². The minimum absolute atomic E-state index is 0.222. The van der Waals surface area contributed by atoms with Gasteiger partial charge in [0, 0.05) is 13.0 Å². The number of hydrogen-bond donors (Lipinski definition) is 2. The highest BCUT2D eigenvalue weighted by Crippen LogP contribution is 2.18. The fourth-order valence-corrected chi connectivity index (χ4v) is 1.83. The Kier molecular flexibility index (Phi) is 6.22. The lowest BCUT2D eigenvalue weighted by atomic mass is 10.1. The second kappa shape index (κ2) is 7.71. The SMILES string of the molecule is COc1ccc(CNCCCCC(N)=O)cc1C. The van der Waals surface area contributed by atoms with Gasteiger partial charge in [0.05, 0.1) is 7.11 Å². The van der Waals surface area contributed by atoms with Gasteiger partial charge < -0.3 is 15.8 Å². The van der Waals surface area contributed by atoms with E-state index in [0.717, 1.165) is 37.2 Å². The van der Waals surface area contributed by atoms with Gasteiger partial charge in [0.15, 0.2) is 0 Å². The molecule has 0 spiro atoms. The predicted molar refractivity (Wildman–Crippen MR) is 72.5 cm³/mol. The summed E-state index contributed by atoms with van der Waals surface area (Å²) in [6.07, 6.45) is 2.30. The lowest BCUT2D eigenvalue weighted by Crippen LogP contribution is -2.16. The molecule has 3 N–H and O–H groups in total. The number of amides is 1. The molecule has 0 atom stereocenters. The number of hydrogen-bond acceptors (Lipinski definition) is 3. The Hall–Kier alpha value is -1.55. The number of nitrogens with one attached hydrogen (secondary N) is 1. The molecule has 0 unspecified atom stereocenters. The van der Waals surface area contributed by atoms with Crippen LogP contribution in [0.1, 0.15) is 30.4 Å². The molecular weight excluding hydrogens is 228 g/mol. The Morgan fingerprint density at radius 2 is 2.17 bits per heavy atom. The first kappa shape index (κ1) is 14.5. The zero-order chi connectivity index (χ0) is 13.4. The Balaban J connectivity index is 2.23.